The van der Waals surface area contributed by atoms with Crippen molar-refractivity contribution in [1.29, 1.82) is 0 Å². The molecule has 0 bridgehead atoms. The van der Waals surface area contributed by atoms with Crippen LogP contribution in [0.2, 0.25) is 5.02 Å². The van der Waals surface area contributed by atoms with Gasteiger partial charge in [0.2, 0.25) is 10.0 Å². The lowest BCUT2D eigenvalue weighted by atomic mass is 10.1. The summed E-state index contributed by atoms with van der Waals surface area (Å²) in [6.07, 6.45) is 4.69. The molecule has 8 nitrogen and oxygen atoms in total. The van der Waals surface area contributed by atoms with Crippen molar-refractivity contribution in [3.05, 3.63) is 71.3 Å². The molecule has 1 aliphatic carbocycles. The maximum absolute atomic E-state index is 13.1. The number of sulfonamides is 1. The van der Waals surface area contributed by atoms with E-state index in [0.29, 0.717) is 0 Å². The Morgan fingerprint density at radius 1 is 1.23 bits per heavy atom. The van der Waals surface area contributed by atoms with Crippen molar-refractivity contribution in [3.8, 4) is 5.69 Å². The number of nitrogens with zero attached hydrogens (tertiary/aromatic N) is 4. The predicted molar refractivity (Wildman–Crippen MR) is 117 cm³/mol. The minimum absolute atomic E-state index is 0.0522. The number of hydrogen-bond donors (Lipinski definition) is 1. The van der Waals surface area contributed by atoms with E-state index in [1.54, 1.807) is 23.0 Å². The first-order valence-electron chi connectivity index (χ1n) is 9.80. The van der Waals surface area contributed by atoms with Crippen molar-refractivity contribution in [2.45, 2.75) is 36.7 Å². The van der Waals surface area contributed by atoms with E-state index in [4.69, 9.17) is 11.6 Å². The van der Waals surface area contributed by atoms with Crippen LogP contribution in [0.1, 0.15) is 41.7 Å². The summed E-state index contributed by atoms with van der Waals surface area (Å²) in [4.78, 5) is 18.5. The van der Waals surface area contributed by atoms with E-state index in [9.17, 15) is 13.2 Å². The Morgan fingerprint density at radius 3 is 2.55 bits per heavy atom. The summed E-state index contributed by atoms with van der Waals surface area (Å²) < 4.78 is 29.4. The molecular formula is C21H22ClN5O3S. The molecule has 4 rings (SSSR count). The highest BCUT2D eigenvalue weighted by molar-refractivity contribution is 7.89. The normalized spacial score (nSPS) is 14.9. The highest BCUT2D eigenvalue weighted by Gasteiger charge is 2.30. The molecule has 0 aliphatic heterocycles. The molecule has 0 radical (unpaired) electrons. The van der Waals surface area contributed by atoms with Crippen LogP contribution in [0.4, 0.5) is 0 Å². The van der Waals surface area contributed by atoms with Crippen LogP contribution >= 0.6 is 11.6 Å². The molecule has 1 atom stereocenters. The summed E-state index contributed by atoms with van der Waals surface area (Å²) >= 11 is 6.13. The summed E-state index contributed by atoms with van der Waals surface area (Å²) in [6.45, 7) is 1.91. The fourth-order valence-electron chi connectivity index (χ4n) is 3.18. The molecule has 1 amide bonds. The average Bonchev–Trinajstić information content (AvgIpc) is 3.39. The van der Waals surface area contributed by atoms with Crippen molar-refractivity contribution in [2.75, 3.05) is 7.05 Å². The monoisotopic (exact) mass is 459 g/mol. The first kappa shape index (κ1) is 21.5. The fraction of sp³-hybridized carbons (Fsp3) is 0.286. The van der Waals surface area contributed by atoms with Gasteiger partial charge in [-0.2, -0.15) is 5.10 Å². The molecule has 3 aromatic rings. The molecule has 1 aliphatic rings. The molecule has 162 valence electrons. The van der Waals surface area contributed by atoms with Crippen molar-refractivity contribution in [3.63, 3.8) is 0 Å². The van der Waals surface area contributed by atoms with E-state index in [1.807, 2.05) is 31.2 Å². The zero-order valence-electron chi connectivity index (χ0n) is 17.1. The molecule has 0 saturated heterocycles. The molecule has 1 aromatic heterocycles. The molecule has 1 unspecified atom stereocenters. The summed E-state index contributed by atoms with van der Waals surface area (Å²) in [7, 11) is -2.09. The number of benzene rings is 2. The molecule has 1 heterocycles. The molecular weight excluding hydrogens is 438 g/mol. The number of amides is 1. The van der Waals surface area contributed by atoms with E-state index >= 15 is 0 Å². The number of aromatic nitrogens is 3. The molecule has 1 saturated carbocycles. The van der Waals surface area contributed by atoms with E-state index in [0.717, 1.165) is 24.1 Å². The second-order valence-electron chi connectivity index (χ2n) is 7.56. The molecule has 10 heteroatoms. The van der Waals surface area contributed by atoms with Crippen LogP contribution in [0.15, 0.2) is 60.0 Å². The van der Waals surface area contributed by atoms with Crippen molar-refractivity contribution >= 4 is 27.5 Å². The number of carbonyl (C=O) groups is 1. The first-order valence-corrected chi connectivity index (χ1v) is 11.7. The van der Waals surface area contributed by atoms with Gasteiger partial charge < -0.3 is 4.90 Å². The van der Waals surface area contributed by atoms with Crippen LogP contribution in [0.5, 0.6) is 0 Å². The highest BCUT2D eigenvalue weighted by Crippen LogP contribution is 2.28. The van der Waals surface area contributed by atoms with E-state index in [-0.39, 0.29) is 33.5 Å². The minimum Gasteiger partial charge on any atom is -0.335 e. The van der Waals surface area contributed by atoms with Crippen LogP contribution in [-0.4, -0.2) is 47.1 Å². The van der Waals surface area contributed by atoms with Gasteiger partial charge in [-0.25, -0.2) is 22.8 Å². The van der Waals surface area contributed by atoms with Gasteiger partial charge in [0.1, 0.15) is 17.6 Å². The Balaban J connectivity index is 1.54. The van der Waals surface area contributed by atoms with Crippen molar-refractivity contribution in [1.82, 2.24) is 24.4 Å². The quantitative estimate of drug-likeness (QED) is 0.585. The van der Waals surface area contributed by atoms with E-state index in [2.05, 4.69) is 14.8 Å². The number of hydrogen-bond acceptors (Lipinski definition) is 5. The lowest BCUT2D eigenvalue weighted by molar-refractivity contribution is 0.0742. The molecule has 0 spiro atoms. The first-order chi connectivity index (χ1) is 14.8. The van der Waals surface area contributed by atoms with Crippen LogP contribution in [0, 0.1) is 0 Å². The lowest BCUT2D eigenvalue weighted by Crippen LogP contribution is -2.30. The SMILES string of the molecule is CC(c1ccc(-n2cncn2)cc1)N(C)C(=O)c1ccc(Cl)c(S(=O)(=O)NC2CC2)c1. The number of halogens is 1. The number of rotatable bonds is 7. The van der Waals surface area contributed by atoms with Gasteiger partial charge >= 0.3 is 0 Å². The molecule has 1 N–H and O–H groups in total. The third-order valence-electron chi connectivity index (χ3n) is 5.33. The van der Waals surface area contributed by atoms with Gasteiger partial charge in [0.25, 0.3) is 5.91 Å². The van der Waals surface area contributed by atoms with Crippen LogP contribution in [0.3, 0.4) is 0 Å². The summed E-state index contributed by atoms with van der Waals surface area (Å²) in [5.41, 5.74) is 2.05. The molecule has 1 fully saturated rings. The van der Waals surface area contributed by atoms with Crippen molar-refractivity contribution < 1.29 is 13.2 Å². The van der Waals surface area contributed by atoms with Crippen LogP contribution in [-0.2, 0) is 10.0 Å². The Morgan fingerprint density at radius 2 is 1.94 bits per heavy atom. The number of carbonyl (C=O) groups excluding carboxylic acids is 1. The van der Waals surface area contributed by atoms with E-state index in [1.165, 1.54) is 24.5 Å². The Bertz CT molecular complexity index is 1190. The van der Waals surface area contributed by atoms with Gasteiger partial charge in [0, 0.05) is 18.7 Å². The maximum Gasteiger partial charge on any atom is 0.254 e. The summed E-state index contributed by atoms with van der Waals surface area (Å²) in [6, 6.07) is 11.7. The van der Waals surface area contributed by atoms with Gasteiger partial charge in [-0.1, -0.05) is 23.7 Å². The van der Waals surface area contributed by atoms with Gasteiger partial charge in [-0.05, 0) is 55.7 Å². The summed E-state index contributed by atoms with van der Waals surface area (Å²) in [5.74, 6) is -0.299. The highest BCUT2D eigenvalue weighted by atomic mass is 35.5. The zero-order chi connectivity index (χ0) is 22.2. The third kappa shape index (κ3) is 4.63. The largest absolute Gasteiger partial charge is 0.335 e. The topological polar surface area (TPSA) is 97.2 Å². The Kier molecular flexibility index (Phi) is 5.83. The van der Waals surface area contributed by atoms with Crippen LogP contribution in [0.25, 0.3) is 5.69 Å². The smallest absolute Gasteiger partial charge is 0.254 e. The van der Waals surface area contributed by atoms with Gasteiger partial charge in [0.05, 0.1) is 16.8 Å². The molecule has 2 aromatic carbocycles. The van der Waals surface area contributed by atoms with Crippen LogP contribution < -0.4 is 4.72 Å². The van der Waals surface area contributed by atoms with Gasteiger partial charge in [-0.15, -0.1) is 0 Å². The Labute approximate surface area is 185 Å². The van der Waals surface area contributed by atoms with Crippen molar-refractivity contribution in [2.24, 2.45) is 0 Å². The summed E-state index contributed by atoms with van der Waals surface area (Å²) in [5, 5.41) is 4.18. The van der Waals surface area contributed by atoms with E-state index < -0.39 is 10.0 Å². The second-order valence-corrected chi connectivity index (χ2v) is 9.65. The number of nitrogens with one attached hydrogen (secondary N) is 1. The third-order valence-corrected chi connectivity index (χ3v) is 7.33. The zero-order valence-corrected chi connectivity index (χ0v) is 18.6. The Hall–Kier alpha value is -2.75. The minimum atomic E-state index is -3.77. The van der Waals surface area contributed by atoms with Gasteiger partial charge in [0.15, 0.2) is 0 Å². The average molecular weight is 460 g/mol. The predicted octanol–water partition coefficient (Wildman–Crippen LogP) is 3.19. The molecule has 31 heavy (non-hydrogen) atoms. The lowest BCUT2D eigenvalue weighted by Gasteiger charge is -2.26. The second kappa shape index (κ2) is 8.41. The maximum atomic E-state index is 13.1. The van der Waals surface area contributed by atoms with Gasteiger partial charge in [-0.3, -0.25) is 4.79 Å². The standard InChI is InChI=1S/C21H22ClN5O3S/c1-14(15-3-8-18(9-4-15)27-13-23-12-24-27)26(2)21(28)16-5-10-19(22)20(11-16)31(29,30)25-17-6-7-17/h3-5,8-14,17,25H,6-7H2,1-2H3. The fourth-order valence-corrected chi connectivity index (χ4v) is 5.01.